The lowest BCUT2D eigenvalue weighted by molar-refractivity contribution is -0.123. The molecule has 1 aliphatic rings. The Hall–Kier alpha value is -0.630. The predicted molar refractivity (Wildman–Crippen MR) is 47.7 cm³/mol. The van der Waals surface area contributed by atoms with Gasteiger partial charge in [-0.05, 0) is 24.8 Å². The van der Waals surface area contributed by atoms with E-state index in [9.17, 15) is 9.90 Å². The zero-order valence-electron chi connectivity index (χ0n) is 7.87. The largest absolute Gasteiger partial charge is 0.393 e. The molecule has 12 heavy (non-hydrogen) atoms. The van der Waals surface area contributed by atoms with Gasteiger partial charge in [0.25, 0.3) is 0 Å². The molecule has 0 heterocycles. The fourth-order valence-electron chi connectivity index (χ4n) is 1.58. The van der Waals surface area contributed by atoms with E-state index in [2.05, 4.69) is 13.8 Å². The fraction of sp³-hybridized carbons (Fsp3) is 0.700. The van der Waals surface area contributed by atoms with Gasteiger partial charge in [0, 0.05) is 5.92 Å². The van der Waals surface area contributed by atoms with Crippen molar-refractivity contribution < 1.29 is 9.90 Å². The van der Waals surface area contributed by atoms with E-state index in [0.29, 0.717) is 0 Å². The average Bonchev–Trinajstić information content (AvgIpc) is 1.94. The Morgan fingerprint density at radius 3 is 2.67 bits per heavy atom. The number of carbonyl (C=O) groups excluding carboxylic acids is 1. The standard InChI is InChI=1S/C10H16O2/c1-7(11)8-6-10(2,3)5-4-9(8)12/h4-5,7-8,11H,6H2,1-3H3. The molecule has 1 N–H and O–H groups in total. The van der Waals surface area contributed by atoms with Crippen LogP contribution in [0.3, 0.4) is 0 Å². The first-order valence-electron chi connectivity index (χ1n) is 4.33. The summed E-state index contributed by atoms with van der Waals surface area (Å²) in [7, 11) is 0. The molecule has 2 heteroatoms. The lowest BCUT2D eigenvalue weighted by atomic mass is 9.75. The van der Waals surface area contributed by atoms with Gasteiger partial charge in [-0.1, -0.05) is 19.9 Å². The summed E-state index contributed by atoms with van der Waals surface area (Å²) in [6.45, 7) is 5.83. The Morgan fingerprint density at radius 1 is 1.67 bits per heavy atom. The highest BCUT2D eigenvalue weighted by atomic mass is 16.3. The van der Waals surface area contributed by atoms with Crippen molar-refractivity contribution in [3.8, 4) is 0 Å². The summed E-state index contributed by atoms with van der Waals surface area (Å²) in [5, 5.41) is 9.33. The molecule has 2 atom stereocenters. The van der Waals surface area contributed by atoms with Crippen LogP contribution in [0.25, 0.3) is 0 Å². The molecule has 0 spiro atoms. The highest BCUT2D eigenvalue weighted by Gasteiger charge is 2.32. The van der Waals surface area contributed by atoms with Crippen LogP contribution in [0.15, 0.2) is 12.2 Å². The first kappa shape index (κ1) is 9.46. The summed E-state index contributed by atoms with van der Waals surface area (Å²) in [6, 6.07) is 0. The first-order valence-corrected chi connectivity index (χ1v) is 4.33. The molecule has 0 aromatic heterocycles. The molecule has 1 rings (SSSR count). The van der Waals surface area contributed by atoms with Gasteiger partial charge in [0.15, 0.2) is 5.78 Å². The highest BCUT2D eigenvalue weighted by molar-refractivity contribution is 5.93. The van der Waals surface area contributed by atoms with Crippen LogP contribution in [0.2, 0.25) is 0 Å². The molecule has 0 saturated heterocycles. The Bertz CT molecular complexity index is 214. The van der Waals surface area contributed by atoms with Gasteiger partial charge in [-0.2, -0.15) is 0 Å². The predicted octanol–water partition coefficient (Wildman–Crippen LogP) is 1.54. The van der Waals surface area contributed by atoms with Crippen molar-refractivity contribution in [3.05, 3.63) is 12.2 Å². The third-order valence-electron chi connectivity index (χ3n) is 2.39. The van der Waals surface area contributed by atoms with Crippen molar-refractivity contribution in [1.29, 1.82) is 0 Å². The number of rotatable bonds is 1. The van der Waals surface area contributed by atoms with Crippen molar-refractivity contribution in [1.82, 2.24) is 0 Å². The van der Waals surface area contributed by atoms with Crippen LogP contribution in [0.1, 0.15) is 27.2 Å². The average molecular weight is 168 g/mol. The van der Waals surface area contributed by atoms with Gasteiger partial charge in [0.2, 0.25) is 0 Å². The van der Waals surface area contributed by atoms with Crippen LogP contribution in [-0.2, 0) is 4.79 Å². The van der Waals surface area contributed by atoms with E-state index < -0.39 is 6.10 Å². The van der Waals surface area contributed by atoms with E-state index in [-0.39, 0.29) is 17.1 Å². The summed E-state index contributed by atoms with van der Waals surface area (Å²) < 4.78 is 0. The van der Waals surface area contributed by atoms with Crippen LogP contribution < -0.4 is 0 Å². The fourth-order valence-corrected chi connectivity index (χ4v) is 1.58. The smallest absolute Gasteiger partial charge is 0.161 e. The summed E-state index contributed by atoms with van der Waals surface area (Å²) >= 11 is 0. The zero-order chi connectivity index (χ0) is 9.35. The Balaban J connectivity index is 2.81. The van der Waals surface area contributed by atoms with Gasteiger partial charge in [0.1, 0.15) is 0 Å². The topological polar surface area (TPSA) is 37.3 Å². The molecule has 0 bridgehead atoms. The molecule has 0 fully saturated rings. The number of aliphatic hydroxyl groups excluding tert-OH is 1. The highest BCUT2D eigenvalue weighted by Crippen LogP contribution is 2.33. The maximum Gasteiger partial charge on any atom is 0.161 e. The molecule has 0 aliphatic heterocycles. The van der Waals surface area contributed by atoms with E-state index in [1.807, 2.05) is 6.08 Å². The van der Waals surface area contributed by atoms with Crippen molar-refractivity contribution in [2.45, 2.75) is 33.3 Å². The second-order valence-electron chi connectivity index (χ2n) is 4.28. The van der Waals surface area contributed by atoms with Gasteiger partial charge in [-0.3, -0.25) is 4.79 Å². The van der Waals surface area contributed by atoms with E-state index >= 15 is 0 Å². The summed E-state index contributed by atoms with van der Waals surface area (Å²) in [6.07, 6.45) is 3.75. The van der Waals surface area contributed by atoms with Crippen LogP contribution in [-0.4, -0.2) is 17.0 Å². The maximum atomic E-state index is 11.3. The van der Waals surface area contributed by atoms with Gasteiger partial charge < -0.3 is 5.11 Å². The van der Waals surface area contributed by atoms with Crippen LogP contribution in [0.4, 0.5) is 0 Å². The summed E-state index contributed by atoms with van der Waals surface area (Å²) in [5.74, 6) is -0.144. The van der Waals surface area contributed by atoms with E-state index in [1.54, 1.807) is 13.0 Å². The van der Waals surface area contributed by atoms with Crippen LogP contribution in [0.5, 0.6) is 0 Å². The summed E-state index contributed by atoms with van der Waals surface area (Å²) in [4.78, 5) is 11.3. The molecule has 2 nitrogen and oxygen atoms in total. The molecule has 0 aromatic rings. The van der Waals surface area contributed by atoms with Crippen LogP contribution >= 0.6 is 0 Å². The molecule has 68 valence electrons. The third kappa shape index (κ3) is 1.95. The van der Waals surface area contributed by atoms with E-state index in [4.69, 9.17) is 0 Å². The minimum Gasteiger partial charge on any atom is -0.393 e. The molecular formula is C10H16O2. The lowest BCUT2D eigenvalue weighted by Gasteiger charge is -2.30. The normalized spacial score (nSPS) is 30.3. The molecule has 1 aliphatic carbocycles. The number of aliphatic hydroxyl groups is 1. The number of allylic oxidation sites excluding steroid dienone is 2. The Kier molecular flexibility index (Phi) is 2.38. The molecule has 0 aromatic carbocycles. The Labute approximate surface area is 73.3 Å². The van der Waals surface area contributed by atoms with Gasteiger partial charge >= 0.3 is 0 Å². The maximum absolute atomic E-state index is 11.3. The van der Waals surface area contributed by atoms with Crippen molar-refractivity contribution >= 4 is 5.78 Å². The zero-order valence-corrected chi connectivity index (χ0v) is 7.87. The minimum absolute atomic E-state index is 0.0512. The molecule has 2 unspecified atom stereocenters. The Morgan fingerprint density at radius 2 is 2.25 bits per heavy atom. The minimum atomic E-state index is -0.526. The SMILES string of the molecule is CC(O)C1CC(C)(C)C=CC1=O. The third-order valence-corrected chi connectivity index (χ3v) is 2.39. The van der Waals surface area contributed by atoms with Crippen molar-refractivity contribution in [2.24, 2.45) is 11.3 Å². The number of carbonyl (C=O) groups is 1. The molecular weight excluding hydrogens is 152 g/mol. The molecule has 0 amide bonds. The van der Waals surface area contributed by atoms with Crippen molar-refractivity contribution in [3.63, 3.8) is 0 Å². The number of hydrogen-bond donors (Lipinski definition) is 1. The number of ketones is 1. The second kappa shape index (κ2) is 3.02. The van der Waals surface area contributed by atoms with E-state index in [0.717, 1.165) is 6.42 Å². The van der Waals surface area contributed by atoms with E-state index in [1.165, 1.54) is 0 Å². The summed E-state index contributed by atoms with van der Waals surface area (Å²) in [5.41, 5.74) is 0.0512. The molecule has 0 radical (unpaired) electrons. The first-order chi connectivity index (χ1) is 5.42. The quantitative estimate of drug-likeness (QED) is 0.644. The van der Waals surface area contributed by atoms with Crippen LogP contribution in [0, 0.1) is 11.3 Å². The second-order valence-corrected chi connectivity index (χ2v) is 4.28. The monoisotopic (exact) mass is 168 g/mol. The van der Waals surface area contributed by atoms with Crippen molar-refractivity contribution in [2.75, 3.05) is 0 Å². The lowest BCUT2D eigenvalue weighted by Crippen LogP contribution is -2.32. The van der Waals surface area contributed by atoms with Gasteiger partial charge in [0.05, 0.1) is 6.10 Å². The number of hydrogen-bond acceptors (Lipinski definition) is 2. The molecule has 0 saturated carbocycles. The van der Waals surface area contributed by atoms with Gasteiger partial charge in [-0.15, -0.1) is 0 Å². The van der Waals surface area contributed by atoms with Gasteiger partial charge in [-0.25, -0.2) is 0 Å².